The molecule has 1 aromatic carbocycles. The molecule has 3 nitrogen and oxygen atoms in total. The average Bonchev–Trinajstić information content (AvgIpc) is 2.89. The van der Waals surface area contributed by atoms with E-state index in [2.05, 4.69) is 4.72 Å². The van der Waals surface area contributed by atoms with Crippen LogP contribution in [0.5, 0.6) is 0 Å². The second-order valence-corrected chi connectivity index (χ2v) is 7.98. The fourth-order valence-electron chi connectivity index (χ4n) is 3.51. The zero-order chi connectivity index (χ0) is 13.5. The predicted molar refractivity (Wildman–Crippen MR) is 76.4 cm³/mol. The van der Waals surface area contributed by atoms with Crippen LogP contribution in [0.3, 0.4) is 0 Å². The molecule has 1 N–H and O–H groups in total. The van der Waals surface area contributed by atoms with Crippen LogP contribution >= 0.6 is 11.6 Å². The lowest BCUT2D eigenvalue weighted by atomic mass is 9.96. The van der Waals surface area contributed by atoms with Crippen LogP contribution in [0.1, 0.15) is 31.2 Å². The second kappa shape index (κ2) is 5.08. The van der Waals surface area contributed by atoms with Crippen LogP contribution in [-0.2, 0) is 15.8 Å². The van der Waals surface area contributed by atoms with E-state index in [4.69, 9.17) is 11.6 Å². The second-order valence-electron chi connectivity index (χ2n) is 5.79. The Morgan fingerprint density at radius 2 is 2.11 bits per heavy atom. The zero-order valence-electron chi connectivity index (χ0n) is 10.7. The molecule has 19 heavy (non-hydrogen) atoms. The van der Waals surface area contributed by atoms with Crippen molar-refractivity contribution in [3.8, 4) is 0 Å². The first kappa shape index (κ1) is 13.4. The Hall–Kier alpha value is -0.580. The predicted octanol–water partition coefficient (Wildman–Crippen LogP) is 2.95. The number of hydrogen-bond acceptors (Lipinski definition) is 2. The van der Waals surface area contributed by atoms with Gasteiger partial charge in [0.25, 0.3) is 0 Å². The van der Waals surface area contributed by atoms with Crippen molar-refractivity contribution in [1.82, 2.24) is 4.72 Å². The summed E-state index contributed by atoms with van der Waals surface area (Å²) >= 11 is 5.88. The summed E-state index contributed by atoms with van der Waals surface area (Å²) in [6.07, 6.45) is 4.66. The number of halogens is 1. The number of rotatable bonds is 4. The first-order chi connectivity index (χ1) is 9.02. The lowest BCUT2D eigenvalue weighted by Crippen LogP contribution is -2.39. The lowest BCUT2D eigenvalue weighted by Gasteiger charge is -2.22. The average molecular weight is 300 g/mol. The van der Waals surface area contributed by atoms with E-state index in [1.165, 1.54) is 19.3 Å². The van der Waals surface area contributed by atoms with Crippen LogP contribution in [0.4, 0.5) is 0 Å². The molecule has 0 spiro atoms. The molecule has 2 fully saturated rings. The highest BCUT2D eigenvalue weighted by atomic mass is 35.5. The van der Waals surface area contributed by atoms with Gasteiger partial charge in [0.05, 0.1) is 5.75 Å². The fraction of sp³-hybridized carbons (Fsp3) is 0.571. The monoisotopic (exact) mass is 299 g/mol. The largest absolute Gasteiger partial charge is 0.216 e. The van der Waals surface area contributed by atoms with Crippen molar-refractivity contribution in [3.63, 3.8) is 0 Å². The topological polar surface area (TPSA) is 46.2 Å². The Labute approximate surface area is 119 Å². The summed E-state index contributed by atoms with van der Waals surface area (Å²) in [6, 6.07) is 7.20. The Balaban J connectivity index is 1.66. The number of sulfonamides is 1. The number of benzene rings is 1. The maximum absolute atomic E-state index is 12.2. The first-order valence-corrected chi connectivity index (χ1v) is 8.79. The van der Waals surface area contributed by atoms with Gasteiger partial charge in [0, 0.05) is 11.1 Å². The maximum atomic E-state index is 12.2. The number of hydrogen-bond donors (Lipinski definition) is 1. The van der Waals surface area contributed by atoms with Gasteiger partial charge in [-0.25, -0.2) is 13.1 Å². The molecule has 0 aliphatic heterocycles. The van der Waals surface area contributed by atoms with Gasteiger partial charge < -0.3 is 0 Å². The van der Waals surface area contributed by atoms with E-state index in [0.717, 1.165) is 17.9 Å². The molecule has 0 heterocycles. The standard InChI is InChI=1S/C14H18ClNO2S/c15-13-3-1-2-11(7-13)9-19(17,18)16-14-8-10-4-5-12(14)6-10/h1-3,7,10,12,14,16H,4-6,8-9H2/t10-,12-,14+/m1/s1. The number of nitrogens with one attached hydrogen (secondary N) is 1. The Kier molecular flexibility index (Phi) is 3.58. The summed E-state index contributed by atoms with van der Waals surface area (Å²) in [5.41, 5.74) is 0.739. The molecule has 0 radical (unpaired) electrons. The van der Waals surface area contributed by atoms with Gasteiger partial charge >= 0.3 is 0 Å². The van der Waals surface area contributed by atoms with Gasteiger partial charge in [-0.05, 0) is 48.8 Å². The van der Waals surface area contributed by atoms with Crippen molar-refractivity contribution in [2.45, 2.75) is 37.5 Å². The molecule has 104 valence electrons. The van der Waals surface area contributed by atoms with Crippen LogP contribution in [0.15, 0.2) is 24.3 Å². The molecule has 0 aromatic heterocycles. The molecule has 3 atom stereocenters. The van der Waals surface area contributed by atoms with E-state index in [9.17, 15) is 8.42 Å². The van der Waals surface area contributed by atoms with E-state index in [1.807, 2.05) is 0 Å². The molecule has 1 aromatic rings. The quantitative estimate of drug-likeness (QED) is 0.929. The summed E-state index contributed by atoms with van der Waals surface area (Å²) in [6.45, 7) is 0. The van der Waals surface area contributed by atoms with Gasteiger partial charge in [-0.3, -0.25) is 0 Å². The highest BCUT2D eigenvalue weighted by Crippen LogP contribution is 2.44. The first-order valence-electron chi connectivity index (χ1n) is 6.76. The summed E-state index contributed by atoms with van der Waals surface area (Å²) in [4.78, 5) is 0. The van der Waals surface area contributed by atoms with E-state index in [-0.39, 0.29) is 11.8 Å². The Bertz CT molecular complexity index is 573. The summed E-state index contributed by atoms with van der Waals surface area (Å²) < 4.78 is 27.3. The molecule has 3 rings (SSSR count). The molecule has 2 saturated carbocycles. The molecule has 5 heteroatoms. The summed E-state index contributed by atoms with van der Waals surface area (Å²) in [5, 5.41) is 0.577. The van der Waals surface area contributed by atoms with Crippen LogP contribution in [0, 0.1) is 11.8 Å². The fourth-order valence-corrected chi connectivity index (χ4v) is 5.17. The number of fused-ring (bicyclic) bond motifs is 2. The third-order valence-electron chi connectivity index (χ3n) is 4.31. The van der Waals surface area contributed by atoms with Crippen molar-refractivity contribution in [2.24, 2.45) is 11.8 Å². The lowest BCUT2D eigenvalue weighted by molar-refractivity contribution is 0.390. The molecule has 0 saturated heterocycles. The maximum Gasteiger partial charge on any atom is 0.216 e. The van der Waals surface area contributed by atoms with Crippen molar-refractivity contribution in [3.05, 3.63) is 34.9 Å². The van der Waals surface area contributed by atoms with Crippen LogP contribution in [-0.4, -0.2) is 14.5 Å². The van der Waals surface area contributed by atoms with E-state index >= 15 is 0 Å². The van der Waals surface area contributed by atoms with Crippen molar-refractivity contribution >= 4 is 21.6 Å². The molecular formula is C14H18ClNO2S. The van der Waals surface area contributed by atoms with Crippen molar-refractivity contribution < 1.29 is 8.42 Å². The van der Waals surface area contributed by atoms with Crippen LogP contribution in [0.2, 0.25) is 5.02 Å². The highest BCUT2D eigenvalue weighted by Gasteiger charge is 2.40. The summed E-state index contributed by atoms with van der Waals surface area (Å²) in [7, 11) is -3.27. The summed E-state index contributed by atoms with van der Waals surface area (Å²) in [5.74, 6) is 1.31. The minimum Gasteiger partial charge on any atom is -0.212 e. The van der Waals surface area contributed by atoms with Gasteiger partial charge in [-0.2, -0.15) is 0 Å². The van der Waals surface area contributed by atoms with Gasteiger partial charge in [0.2, 0.25) is 10.0 Å². The molecular weight excluding hydrogens is 282 g/mol. The SMILES string of the molecule is O=S(=O)(Cc1cccc(Cl)c1)N[C@H]1C[C@@H]2CC[C@@H]1C2. The normalized spacial score (nSPS) is 29.8. The molecule has 2 bridgehead atoms. The van der Waals surface area contributed by atoms with Gasteiger partial charge in [0.1, 0.15) is 0 Å². The Morgan fingerprint density at radius 3 is 2.74 bits per heavy atom. The third-order valence-corrected chi connectivity index (χ3v) is 5.93. The molecule has 0 unspecified atom stereocenters. The van der Waals surface area contributed by atoms with Crippen molar-refractivity contribution in [1.29, 1.82) is 0 Å². The van der Waals surface area contributed by atoms with Crippen molar-refractivity contribution in [2.75, 3.05) is 0 Å². The van der Waals surface area contributed by atoms with Crippen LogP contribution in [0.25, 0.3) is 0 Å². The van der Waals surface area contributed by atoms with Gasteiger partial charge in [0.15, 0.2) is 0 Å². The third kappa shape index (κ3) is 3.12. The van der Waals surface area contributed by atoms with Gasteiger partial charge in [-0.15, -0.1) is 0 Å². The molecule has 2 aliphatic rings. The zero-order valence-corrected chi connectivity index (χ0v) is 12.3. The van der Waals surface area contributed by atoms with Gasteiger partial charge in [-0.1, -0.05) is 30.2 Å². The van der Waals surface area contributed by atoms with E-state index < -0.39 is 10.0 Å². The Morgan fingerprint density at radius 1 is 1.26 bits per heavy atom. The van der Waals surface area contributed by atoms with E-state index in [0.29, 0.717) is 10.9 Å². The van der Waals surface area contributed by atoms with Crippen LogP contribution < -0.4 is 4.72 Å². The minimum absolute atomic E-state index is 0.0153. The minimum atomic E-state index is -3.27. The van der Waals surface area contributed by atoms with E-state index in [1.54, 1.807) is 24.3 Å². The molecule has 0 amide bonds. The molecule has 2 aliphatic carbocycles. The highest BCUT2D eigenvalue weighted by molar-refractivity contribution is 7.88. The smallest absolute Gasteiger partial charge is 0.212 e.